The maximum atomic E-state index is 6.33. The number of rotatable bonds is 5. The van der Waals surface area contributed by atoms with Gasteiger partial charge in [0.2, 0.25) is 0 Å². The molecule has 2 aromatic rings. The highest BCUT2D eigenvalue weighted by Crippen LogP contribution is 2.18. The molecule has 0 aromatic heterocycles. The van der Waals surface area contributed by atoms with E-state index < -0.39 is 0 Å². The predicted molar refractivity (Wildman–Crippen MR) is 86.8 cm³/mol. The molecule has 106 valence electrons. The van der Waals surface area contributed by atoms with Crippen molar-refractivity contribution in [2.24, 2.45) is 11.7 Å². The Hall–Kier alpha value is -1.60. The largest absolute Gasteiger partial charge is 0.324 e. The average molecular weight is 267 g/mol. The number of nitrogens with two attached hydrogens (primary N) is 1. The maximum absolute atomic E-state index is 6.33. The fourth-order valence-corrected chi connectivity index (χ4v) is 2.58. The summed E-state index contributed by atoms with van der Waals surface area (Å²) in [6.45, 7) is 6.62. The lowest BCUT2D eigenvalue weighted by molar-refractivity contribution is 0.646. The molecule has 1 heteroatoms. The van der Waals surface area contributed by atoms with Gasteiger partial charge >= 0.3 is 0 Å². The van der Waals surface area contributed by atoms with Crippen LogP contribution in [0.25, 0.3) is 0 Å². The van der Waals surface area contributed by atoms with Gasteiger partial charge < -0.3 is 5.73 Å². The molecular formula is C19H25N. The molecule has 0 aliphatic heterocycles. The second kappa shape index (κ2) is 6.71. The zero-order valence-corrected chi connectivity index (χ0v) is 12.8. The Morgan fingerprint density at radius 2 is 1.60 bits per heavy atom. The lowest BCUT2D eigenvalue weighted by Crippen LogP contribution is -2.13. The van der Waals surface area contributed by atoms with Crippen molar-refractivity contribution in [3.05, 3.63) is 70.8 Å². The molecule has 2 N–H and O–H groups in total. The first kappa shape index (κ1) is 14.8. The standard InChI is InChI=1S/C19H25N/c1-14(2)11-16-7-9-18(10-8-16)19(20)13-17-6-4-5-15(3)12-17/h4-10,12,14,19H,11,13,20H2,1-3H3. The van der Waals surface area contributed by atoms with Gasteiger partial charge in [-0.25, -0.2) is 0 Å². The first-order valence-corrected chi connectivity index (χ1v) is 7.44. The summed E-state index contributed by atoms with van der Waals surface area (Å²) in [6.07, 6.45) is 2.03. The summed E-state index contributed by atoms with van der Waals surface area (Å²) in [6, 6.07) is 17.4. The van der Waals surface area contributed by atoms with E-state index in [4.69, 9.17) is 5.73 Å². The van der Waals surface area contributed by atoms with Crippen molar-refractivity contribution in [3.8, 4) is 0 Å². The zero-order chi connectivity index (χ0) is 14.5. The average Bonchev–Trinajstić information content (AvgIpc) is 2.38. The van der Waals surface area contributed by atoms with Crippen LogP contribution in [0.4, 0.5) is 0 Å². The highest BCUT2D eigenvalue weighted by Gasteiger charge is 2.07. The number of hydrogen-bond acceptors (Lipinski definition) is 1. The van der Waals surface area contributed by atoms with Crippen molar-refractivity contribution in [2.45, 2.75) is 39.7 Å². The van der Waals surface area contributed by atoms with Gasteiger partial charge in [0.15, 0.2) is 0 Å². The minimum atomic E-state index is 0.0740. The van der Waals surface area contributed by atoms with Gasteiger partial charge in [-0.15, -0.1) is 0 Å². The third-order valence-corrected chi connectivity index (χ3v) is 3.59. The molecule has 20 heavy (non-hydrogen) atoms. The fraction of sp³-hybridized carbons (Fsp3) is 0.368. The first-order valence-electron chi connectivity index (χ1n) is 7.44. The normalized spacial score (nSPS) is 12.7. The highest BCUT2D eigenvalue weighted by molar-refractivity contribution is 5.28. The zero-order valence-electron chi connectivity index (χ0n) is 12.8. The Morgan fingerprint density at radius 1 is 0.900 bits per heavy atom. The molecule has 1 atom stereocenters. The van der Waals surface area contributed by atoms with E-state index in [0.29, 0.717) is 5.92 Å². The summed E-state index contributed by atoms with van der Waals surface area (Å²) < 4.78 is 0. The van der Waals surface area contributed by atoms with E-state index in [-0.39, 0.29) is 6.04 Å². The van der Waals surface area contributed by atoms with Crippen LogP contribution >= 0.6 is 0 Å². The molecule has 0 heterocycles. The second-order valence-corrected chi connectivity index (χ2v) is 6.14. The van der Waals surface area contributed by atoms with Crippen LogP contribution in [0, 0.1) is 12.8 Å². The summed E-state index contributed by atoms with van der Waals surface area (Å²) in [5, 5.41) is 0. The monoisotopic (exact) mass is 267 g/mol. The van der Waals surface area contributed by atoms with Gasteiger partial charge in [0.1, 0.15) is 0 Å². The Bertz CT molecular complexity index is 540. The van der Waals surface area contributed by atoms with Crippen LogP contribution < -0.4 is 5.73 Å². The molecule has 2 rings (SSSR count). The molecule has 0 saturated carbocycles. The summed E-state index contributed by atoms with van der Waals surface area (Å²) in [5.41, 5.74) is 11.5. The van der Waals surface area contributed by atoms with E-state index in [1.807, 2.05) is 0 Å². The van der Waals surface area contributed by atoms with Gasteiger partial charge in [0.05, 0.1) is 0 Å². The molecule has 0 bridgehead atoms. The van der Waals surface area contributed by atoms with Crippen LogP contribution in [-0.2, 0) is 12.8 Å². The second-order valence-electron chi connectivity index (χ2n) is 6.14. The van der Waals surface area contributed by atoms with Crippen LogP contribution in [0.2, 0.25) is 0 Å². The van der Waals surface area contributed by atoms with Gasteiger partial charge in [-0.1, -0.05) is 67.9 Å². The minimum absolute atomic E-state index is 0.0740. The first-order chi connectivity index (χ1) is 9.54. The molecule has 0 amide bonds. The predicted octanol–water partition coefficient (Wildman–Crippen LogP) is 4.44. The van der Waals surface area contributed by atoms with Crippen LogP contribution in [0.1, 0.15) is 42.1 Å². The smallest absolute Gasteiger partial charge is 0.0335 e. The molecule has 2 aromatic carbocycles. The van der Waals surface area contributed by atoms with E-state index in [9.17, 15) is 0 Å². The van der Waals surface area contributed by atoms with Gasteiger partial charge in [-0.05, 0) is 42.4 Å². The van der Waals surface area contributed by atoms with Gasteiger partial charge in [0, 0.05) is 6.04 Å². The minimum Gasteiger partial charge on any atom is -0.324 e. The van der Waals surface area contributed by atoms with Crippen molar-refractivity contribution in [1.82, 2.24) is 0 Å². The van der Waals surface area contributed by atoms with Gasteiger partial charge in [0.25, 0.3) is 0 Å². The van der Waals surface area contributed by atoms with Crippen molar-refractivity contribution in [1.29, 1.82) is 0 Å². The van der Waals surface area contributed by atoms with Crippen molar-refractivity contribution in [3.63, 3.8) is 0 Å². The summed E-state index contributed by atoms with van der Waals surface area (Å²) >= 11 is 0. The molecule has 0 radical (unpaired) electrons. The molecule has 0 spiro atoms. The molecule has 0 aliphatic rings. The number of aryl methyl sites for hydroxylation is 1. The molecular weight excluding hydrogens is 242 g/mol. The van der Waals surface area contributed by atoms with E-state index in [1.165, 1.54) is 22.3 Å². The third-order valence-electron chi connectivity index (χ3n) is 3.59. The van der Waals surface area contributed by atoms with Crippen LogP contribution in [-0.4, -0.2) is 0 Å². The van der Waals surface area contributed by atoms with E-state index >= 15 is 0 Å². The molecule has 0 fully saturated rings. The van der Waals surface area contributed by atoms with Crippen LogP contribution in [0.15, 0.2) is 48.5 Å². The Kier molecular flexibility index (Phi) is 4.97. The lowest BCUT2D eigenvalue weighted by Gasteiger charge is -2.14. The van der Waals surface area contributed by atoms with Crippen LogP contribution in [0.3, 0.4) is 0 Å². The third kappa shape index (κ3) is 4.21. The van der Waals surface area contributed by atoms with E-state index in [1.54, 1.807) is 0 Å². The van der Waals surface area contributed by atoms with Crippen molar-refractivity contribution >= 4 is 0 Å². The molecule has 1 nitrogen and oxygen atoms in total. The number of benzene rings is 2. The molecule has 1 unspecified atom stereocenters. The highest BCUT2D eigenvalue weighted by atomic mass is 14.6. The lowest BCUT2D eigenvalue weighted by atomic mass is 9.96. The Morgan fingerprint density at radius 3 is 2.20 bits per heavy atom. The van der Waals surface area contributed by atoms with E-state index in [2.05, 4.69) is 69.3 Å². The van der Waals surface area contributed by atoms with Crippen LogP contribution in [0.5, 0.6) is 0 Å². The topological polar surface area (TPSA) is 26.0 Å². The Labute approximate surface area is 122 Å². The molecule has 0 saturated heterocycles. The van der Waals surface area contributed by atoms with Gasteiger partial charge in [-0.2, -0.15) is 0 Å². The molecule has 0 aliphatic carbocycles. The summed E-state index contributed by atoms with van der Waals surface area (Å²) in [7, 11) is 0. The number of hydrogen-bond donors (Lipinski definition) is 1. The van der Waals surface area contributed by atoms with E-state index in [0.717, 1.165) is 12.8 Å². The maximum Gasteiger partial charge on any atom is 0.0335 e. The fourth-order valence-electron chi connectivity index (χ4n) is 2.58. The van der Waals surface area contributed by atoms with Gasteiger partial charge in [-0.3, -0.25) is 0 Å². The van der Waals surface area contributed by atoms with Crippen molar-refractivity contribution < 1.29 is 0 Å². The quantitative estimate of drug-likeness (QED) is 0.851. The Balaban J connectivity index is 2.03. The SMILES string of the molecule is Cc1cccc(CC(N)c2ccc(CC(C)C)cc2)c1. The van der Waals surface area contributed by atoms with Crippen molar-refractivity contribution in [2.75, 3.05) is 0 Å². The summed E-state index contributed by atoms with van der Waals surface area (Å²) in [5.74, 6) is 0.696. The summed E-state index contributed by atoms with van der Waals surface area (Å²) in [4.78, 5) is 0.